The number of hydrogen-bond acceptors (Lipinski definition) is 4. The molecule has 0 radical (unpaired) electrons. The van der Waals surface area contributed by atoms with Crippen molar-refractivity contribution in [1.29, 1.82) is 0 Å². The number of carbonyl (C=O) groups is 1. The van der Waals surface area contributed by atoms with Crippen molar-refractivity contribution in [2.24, 2.45) is 34.5 Å². The largest absolute Gasteiger partial charge is 0.393 e. The summed E-state index contributed by atoms with van der Waals surface area (Å²) in [5.74, 6) is 0.940. The molecule has 0 aromatic carbocycles. The van der Waals surface area contributed by atoms with Crippen molar-refractivity contribution in [2.45, 2.75) is 77.1 Å². The summed E-state index contributed by atoms with van der Waals surface area (Å²) < 4.78 is 0. The second-order valence-corrected chi connectivity index (χ2v) is 9.23. The summed E-state index contributed by atoms with van der Waals surface area (Å²) >= 11 is 0. The van der Waals surface area contributed by atoms with E-state index in [1.807, 2.05) is 0 Å². The minimum absolute atomic E-state index is 0.0183. The second-order valence-electron chi connectivity index (χ2n) is 9.23. The van der Waals surface area contributed by atoms with Gasteiger partial charge in [0.2, 0.25) is 0 Å². The maximum atomic E-state index is 12.4. The average molecular weight is 322 g/mol. The molecule has 7 unspecified atom stereocenters. The van der Waals surface area contributed by atoms with Gasteiger partial charge in [0.1, 0.15) is 5.78 Å². The quantitative estimate of drug-likeness (QED) is 0.636. The molecule has 0 spiro atoms. The molecule has 3 N–H and O–H groups in total. The fourth-order valence-electron chi connectivity index (χ4n) is 7.01. The van der Waals surface area contributed by atoms with Gasteiger partial charge in [0, 0.05) is 11.8 Å². The summed E-state index contributed by atoms with van der Waals surface area (Å²) in [6.45, 7) is 4.34. The molecular formula is C19H30O4. The zero-order valence-electron chi connectivity index (χ0n) is 14.2. The smallest absolute Gasteiger partial charge is 0.139 e. The summed E-state index contributed by atoms with van der Waals surface area (Å²) in [6, 6.07) is 0. The van der Waals surface area contributed by atoms with Crippen LogP contribution in [0.4, 0.5) is 0 Å². The Morgan fingerprint density at radius 3 is 2.39 bits per heavy atom. The fraction of sp³-hybridized carbons (Fsp3) is 0.947. The zero-order chi connectivity index (χ0) is 16.6. The molecule has 9 atom stereocenters. The van der Waals surface area contributed by atoms with Crippen LogP contribution in [0.1, 0.15) is 58.8 Å². The molecule has 0 aromatic heterocycles. The van der Waals surface area contributed by atoms with E-state index in [0.717, 1.165) is 32.1 Å². The third-order valence-corrected chi connectivity index (χ3v) is 8.43. The molecule has 4 aliphatic rings. The molecule has 4 saturated carbocycles. The topological polar surface area (TPSA) is 77.8 Å². The van der Waals surface area contributed by atoms with Gasteiger partial charge in [-0.25, -0.2) is 0 Å². The molecule has 0 saturated heterocycles. The van der Waals surface area contributed by atoms with Gasteiger partial charge in [0.05, 0.1) is 18.3 Å². The molecule has 4 fully saturated rings. The van der Waals surface area contributed by atoms with E-state index in [9.17, 15) is 20.1 Å². The molecule has 0 heterocycles. The Morgan fingerprint density at radius 2 is 1.65 bits per heavy atom. The molecule has 23 heavy (non-hydrogen) atoms. The minimum atomic E-state index is -0.769. The third kappa shape index (κ3) is 1.98. The number of rotatable bonds is 0. The zero-order valence-corrected chi connectivity index (χ0v) is 14.2. The Balaban J connectivity index is 1.73. The standard InChI is InChI=1S/C19H30O4/c1-18-7-5-10(20)9-13(18)16(22)17(23)15-11-3-4-14(21)19(11,2)8-6-12(15)18/h10-13,15-17,20,22-23H,3-9H2,1-2H3/t10?,11?,12-,13?,15?,16+,17?,18?,19?/m0/s1. The van der Waals surface area contributed by atoms with E-state index in [1.165, 1.54) is 0 Å². The SMILES string of the molecule is CC12CC[C@H]3C(C(O)[C@H](O)C4CC(O)CCC43C)C1CCC2=O. The molecule has 130 valence electrons. The highest BCUT2D eigenvalue weighted by molar-refractivity contribution is 5.87. The Bertz CT molecular complexity index is 519. The number of fused-ring (bicyclic) bond motifs is 5. The molecule has 4 nitrogen and oxygen atoms in total. The first-order chi connectivity index (χ1) is 10.8. The lowest BCUT2D eigenvalue weighted by atomic mass is 9.44. The van der Waals surface area contributed by atoms with Crippen LogP contribution >= 0.6 is 0 Å². The van der Waals surface area contributed by atoms with E-state index in [4.69, 9.17) is 0 Å². The first-order valence-corrected chi connectivity index (χ1v) is 9.36. The number of aliphatic hydroxyl groups is 3. The van der Waals surface area contributed by atoms with Crippen LogP contribution < -0.4 is 0 Å². The van der Waals surface area contributed by atoms with Crippen LogP contribution in [-0.2, 0) is 4.79 Å². The number of Topliss-reactive ketones (excluding diaryl/α,β-unsaturated/α-hetero) is 1. The summed E-state index contributed by atoms with van der Waals surface area (Å²) in [4.78, 5) is 12.4. The fourth-order valence-corrected chi connectivity index (χ4v) is 7.01. The van der Waals surface area contributed by atoms with Crippen molar-refractivity contribution in [3.63, 3.8) is 0 Å². The van der Waals surface area contributed by atoms with Crippen molar-refractivity contribution < 1.29 is 20.1 Å². The van der Waals surface area contributed by atoms with Crippen molar-refractivity contribution >= 4 is 5.78 Å². The van der Waals surface area contributed by atoms with Gasteiger partial charge in [-0.15, -0.1) is 0 Å². The average Bonchev–Trinajstić information content (AvgIpc) is 2.82. The van der Waals surface area contributed by atoms with E-state index in [2.05, 4.69) is 13.8 Å². The highest BCUT2D eigenvalue weighted by Gasteiger charge is 2.64. The minimum Gasteiger partial charge on any atom is -0.393 e. The van der Waals surface area contributed by atoms with Crippen LogP contribution in [-0.4, -0.2) is 39.4 Å². The van der Waals surface area contributed by atoms with Gasteiger partial charge < -0.3 is 15.3 Å². The van der Waals surface area contributed by atoms with E-state index in [-0.39, 0.29) is 34.7 Å². The number of hydrogen-bond donors (Lipinski definition) is 3. The predicted molar refractivity (Wildman–Crippen MR) is 85.5 cm³/mol. The number of ketones is 1. The van der Waals surface area contributed by atoms with E-state index in [0.29, 0.717) is 24.5 Å². The lowest BCUT2D eigenvalue weighted by Gasteiger charge is -2.62. The first-order valence-electron chi connectivity index (χ1n) is 9.36. The van der Waals surface area contributed by atoms with Crippen molar-refractivity contribution in [1.82, 2.24) is 0 Å². The summed E-state index contributed by atoms with van der Waals surface area (Å²) in [7, 11) is 0. The molecule has 0 amide bonds. The lowest BCUT2D eigenvalue weighted by Crippen LogP contribution is -2.64. The van der Waals surface area contributed by atoms with Crippen LogP contribution in [0.2, 0.25) is 0 Å². The molecule has 4 heteroatoms. The van der Waals surface area contributed by atoms with Crippen LogP contribution in [0.25, 0.3) is 0 Å². The summed E-state index contributed by atoms with van der Waals surface area (Å²) in [5, 5.41) is 31.8. The van der Waals surface area contributed by atoms with Crippen molar-refractivity contribution in [2.75, 3.05) is 0 Å². The maximum Gasteiger partial charge on any atom is 0.139 e. The third-order valence-electron chi connectivity index (χ3n) is 8.43. The monoisotopic (exact) mass is 322 g/mol. The molecule has 0 aliphatic heterocycles. The summed E-state index contributed by atoms with van der Waals surface area (Å²) in [6.07, 6.45) is 3.82. The number of aliphatic hydroxyl groups excluding tert-OH is 3. The predicted octanol–water partition coefficient (Wildman–Crippen LogP) is 1.90. The molecule has 0 bridgehead atoms. The molecule has 4 rings (SSSR count). The highest BCUT2D eigenvalue weighted by Crippen LogP contribution is 2.65. The Kier molecular flexibility index (Phi) is 3.51. The van der Waals surface area contributed by atoms with Gasteiger partial charge in [0.15, 0.2) is 0 Å². The number of carbonyl (C=O) groups excluding carboxylic acids is 1. The Labute approximate surface area is 138 Å². The van der Waals surface area contributed by atoms with Gasteiger partial charge in [-0.05, 0) is 67.6 Å². The van der Waals surface area contributed by atoms with E-state index >= 15 is 0 Å². The van der Waals surface area contributed by atoms with E-state index in [1.54, 1.807) is 0 Å². The highest BCUT2D eigenvalue weighted by atomic mass is 16.3. The van der Waals surface area contributed by atoms with Crippen LogP contribution in [0.15, 0.2) is 0 Å². The van der Waals surface area contributed by atoms with Crippen LogP contribution in [0.3, 0.4) is 0 Å². The van der Waals surface area contributed by atoms with Crippen molar-refractivity contribution in [3.8, 4) is 0 Å². The summed E-state index contributed by atoms with van der Waals surface area (Å²) in [5.41, 5.74) is -0.311. The molecular weight excluding hydrogens is 292 g/mol. The first kappa shape index (κ1) is 16.0. The second kappa shape index (κ2) is 5.03. The molecule has 0 aromatic rings. The maximum absolute atomic E-state index is 12.4. The van der Waals surface area contributed by atoms with Crippen LogP contribution in [0, 0.1) is 34.5 Å². The van der Waals surface area contributed by atoms with Crippen molar-refractivity contribution in [3.05, 3.63) is 0 Å². The van der Waals surface area contributed by atoms with Gasteiger partial charge in [-0.3, -0.25) is 4.79 Å². The van der Waals surface area contributed by atoms with Crippen LogP contribution in [0.5, 0.6) is 0 Å². The lowest BCUT2D eigenvalue weighted by molar-refractivity contribution is -0.219. The van der Waals surface area contributed by atoms with Gasteiger partial charge >= 0.3 is 0 Å². The van der Waals surface area contributed by atoms with Gasteiger partial charge in [-0.2, -0.15) is 0 Å². The van der Waals surface area contributed by atoms with Gasteiger partial charge in [-0.1, -0.05) is 13.8 Å². The molecule has 4 aliphatic carbocycles. The normalized spacial score (nSPS) is 59.2. The van der Waals surface area contributed by atoms with E-state index < -0.39 is 12.2 Å². The Hall–Kier alpha value is -0.450. The van der Waals surface area contributed by atoms with Gasteiger partial charge in [0.25, 0.3) is 0 Å². The Morgan fingerprint density at radius 1 is 0.913 bits per heavy atom.